The van der Waals surface area contributed by atoms with Crippen LogP contribution >= 0.6 is 0 Å². The van der Waals surface area contributed by atoms with Crippen LogP contribution in [0.2, 0.25) is 0 Å². The number of hydrogen-bond acceptors (Lipinski definition) is 10. The predicted octanol–water partition coefficient (Wildman–Crippen LogP) is 4.23. The Labute approximate surface area is 286 Å². The minimum Gasteiger partial charge on any atom is -0.476 e. The number of likely N-dealkylation sites (N-methyl/N-ethyl adjacent to an activating group) is 1. The van der Waals surface area contributed by atoms with Gasteiger partial charge in [-0.3, -0.25) is 14.7 Å². The highest BCUT2D eigenvalue weighted by Gasteiger charge is 2.31. The van der Waals surface area contributed by atoms with Crippen LogP contribution in [-0.4, -0.2) is 102 Å². The third-order valence-corrected chi connectivity index (χ3v) is 11.1. The number of nitrogens with zero attached hydrogens (tertiary/aromatic N) is 9. The number of piperidine rings is 1. The molecule has 0 unspecified atom stereocenters. The number of piperazine rings is 1. The molecule has 12 heteroatoms. The number of carboxylic acid groups (broad SMARTS) is 1. The fraction of sp³-hybridized carbons (Fsp3) is 0.486. The van der Waals surface area contributed by atoms with Gasteiger partial charge in [0.15, 0.2) is 11.5 Å². The Morgan fingerprint density at radius 3 is 2.31 bits per heavy atom. The van der Waals surface area contributed by atoms with Crippen molar-refractivity contribution in [3.05, 3.63) is 69.9 Å². The van der Waals surface area contributed by atoms with E-state index in [1.165, 1.54) is 30.3 Å². The molecule has 1 N–H and O–H groups in total. The van der Waals surface area contributed by atoms with Gasteiger partial charge < -0.3 is 29.3 Å². The normalized spacial score (nSPS) is 19.1. The number of benzene rings is 1. The van der Waals surface area contributed by atoms with Crippen LogP contribution in [-0.2, 0) is 7.05 Å². The smallest absolute Gasteiger partial charge is 0.356 e. The van der Waals surface area contributed by atoms with Gasteiger partial charge in [0.1, 0.15) is 0 Å². The predicted molar refractivity (Wildman–Crippen MR) is 193 cm³/mol. The van der Waals surface area contributed by atoms with Gasteiger partial charge in [0, 0.05) is 101 Å². The van der Waals surface area contributed by atoms with E-state index in [0.29, 0.717) is 11.8 Å². The molecule has 2 saturated heterocycles. The number of hydrogen-bond donors (Lipinski definition) is 1. The number of aryl methyl sites for hydroxylation is 2. The number of anilines is 5. The first-order chi connectivity index (χ1) is 23.7. The molecule has 0 bridgehead atoms. The lowest BCUT2D eigenvalue weighted by Gasteiger charge is -2.41. The highest BCUT2D eigenvalue weighted by molar-refractivity contribution is 5.99. The Morgan fingerprint density at radius 2 is 1.61 bits per heavy atom. The number of aromatic carboxylic acids is 1. The largest absolute Gasteiger partial charge is 0.476 e. The maximum absolute atomic E-state index is 13.2. The van der Waals surface area contributed by atoms with Crippen molar-refractivity contribution in [2.45, 2.75) is 38.5 Å². The summed E-state index contributed by atoms with van der Waals surface area (Å²) >= 11 is 0. The molecule has 256 valence electrons. The second kappa shape index (κ2) is 12.6. The quantitative estimate of drug-likeness (QED) is 0.307. The zero-order chi connectivity index (χ0) is 33.8. The zero-order valence-corrected chi connectivity index (χ0v) is 28.7. The lowest BCUT2D eigenvalue weighted by molar-refractivity contribution is 0.0689. The van der Waals surface area contributed by atoms with Gasteiger partial charge in [-0.15, -0.1) is 10.2 Å². The van der Waals surface area contributed by atoms with Crippen LogP contribution in [0, 0.1) is 12.8 Å². The minimum absolute atomic E-state index is 0.0268. The summed E-state index contributed by atoms with van der Waals surface area (Å²) in [5.74, 6) is 0.908. The van der Waals surface area contributed by atoms with Gasteiger partial charge in [0.25, 0.3) is 5.56 Å². The zero-order valence-electron chi connectivity index (χ0n) is 28.7. The first kappa shape index (κ1) is 31.6. The van der Waals surface area contributed by atoms with E-state index >= 15 is 0 Å². The molecule has 3 aliphatic heterocycles. The Morgan fingerprint density at radius 1 is 0.837 bits per heavy atom. The first-order valence-electron chi connectivity index (χ1n) is 17.7. The van der Waals surface area contributed by atoms with E-state index in [0.717, 1.165) is 111 Å². The summed E-state index contributed by atoms with van der Waals surface area (Å²) in [6.07, 6.45) is 6.68. The summed E-state index contributed by atoms with van der Waals surface area (Å²) in [5, 5.41) is 18.2. The molecule has 0 atom stereocenters. The highest BCUT2D eigenvalue weighted by Crippen LogP contribution is 2.45. The van der Waals surface area contributed by atoms with Crippen molar-refractivity contribution in [3.8, 4) is 0 Å². The molecule has 0 radical (unpaired) electrons. The fourth-order valence-electron chi connectivity index (χ4n) is 7.91. The number of carbonyl (C=O) groups is 1. The maximum Gasteiger partial charge on any atom is 0.356 e. The Balaban J connectivity index is 0.989. The molecular weight excluding hydrogens is 618 g/mol. The van der Waals surface area contributed by atoms with Crippen LogP contribution in [0.3, 0.4) is 0 Å². The molecule has 3 aromatic heterocycles. The molecule has 3 fully saturated rings. The topological polar surface area (TPSA) is 114 Å². The van der Waals surface area contributed by atoms with Crippen LogP contribution in [0.25, 0.3) is 10.9 Å². The van der Waals surface area contributed by atoms with Crippen molar-refractivity contribution in [3.63, 3.8) is 0 Å². The van der Waals surface area contributed by atoms with E-state index < -0.39 is 5.97 Å². The summed E-state index contributed by atoms with van der Waals surface area (Å²) < 4.78 is 1.82. The second-order valence-corrected chi connectivity index (χ2v) is 14.3. The highest BCUT2D eigenvalue weighted by atomic mass is 16.4. The summed E-state index contributed by atoms with van der Waals surface area (Å²) in [6.45, 7) is 10.4. The molecule has 1 saturated carbocycles. The van der Waals surface area contributed by atoms with Gasteiger partial charge in [0.05, 0.1) is 28.8 Å². The number of aromatic nitrogens is 4. The Kier molecular flexibility index (Phi) is 8.13. The lowest BCUT2D eigenvalue weighted by atomic mass is 9.96. The summed E-state index contributed by atoms with van der Waals surface area (Å²) in [5.41, 5.74) is 7.59. The van der Waals surface area contributed by atoms with Gasteiger partial charge in [-0.1, -0.05) is 0 Å². The molecule has 4 aromatic rings. The number of rotatable bonds is 7. The summed E-state index contributed by atoms with van der Waals surface area (Å²) in [4.78, 5) is 41.3. The van der Waals surface area contributed by atoms with Gasteiger partial charge >= 0.3 is 5.97 Å². The van der Waals surface area contributed by atoms with E-state index in [4.69, 9.17) is 10.1 Å². The van der Waals surface area contributed by atoms with Crippen LogP contribution in [0.5, 0.6) is 0 Å². The third-order valence-electron chi connectivity index (χ3n) is 11.1. The minimum atomic E-state index is -1.06. The van der Waals surface area contributed by atoms with Gasteiger partial charge in [-0.2, -0.15) is 0 Å². The molecule has 12 nitrogen and oxygen atoms in total. The molecule has 0 spiro atoms. The second-order valence-electron chi connectivity index (χ2n) is 14.3. The average molecular weight is 664 g/mol. The van der Waals surface area contributed by atoms with Crippen molar-refractivity contribution in [1.29, 1.82) is 0 Å². The van der Waals surface area contributed by atoms with Gasteiger partial charge in [0.2, 0.25) is 0 Å². The van der Waals surface area contributed by atoms with E-state index in [-0.39, 0.29) is 11.3 Å². The van der Waals surface area contributed by atoms with Crippen molar-refractivity contribution >= 4 is 45.4 Å². The van der Waals surface area contributed by atoms with Crippen LogP contribution in [0.15, 0.2) is 47.4 Å². The van der Waals surface area contributed by atoms with Crippen molar-refractivity contribution < 1.29 is 9.90 Å². The van der Waals surface area contributed by atoms with E-state index in [1.807, 2.05) is 18.5 Å². The maximum atomic E-state index is 13.2. The molecule has 1 aromatic carbocycles. The third kappa shape index (κ3) is 6.07. The van der Waals surface area contributed by atoms with E-state index in [9.17, 15) is 9.59 Å². The van der Waals surface area contributed by atoms with Crippen molar-refractivity contribution in [2.75, 3.05) is 85.6 Å². The van der Waals surface area contributed by atoms with Crippen molar-refractivity contribution in [1.82, 2.24) is 24.6 Å². The first-order valence-corrected chi connectivity index (χ1v) is 17.7. The number of carboxylic acids is 1. The standard InChI is InChI=1S/C37H45N9O3/c1-24-18-28-31(42(3)36(24)47)19-27(20-32(28)46-17-12-41(2)33-21-30(26-4-5-26)38-22-34(33)46)44-15-13-43(14-16-44)23-25-8-10-45(11-9-25)35-7-6-29(37(48)49)39-40-35/h6-7,18-22,25-26H,4-5,8-17,23H2,1-3H3,(H,48,49). The Bertz CT molecular complexity index is 1940. The van der Waals surface area contributed by atoms with Crippen LogP contribution < -0.4 is 25.2 Å². The van der Waals surface area contributed by atoms with E-state index in [1.54, 1.807) is 6.07 Å². The molecule has 6 heterocycles. The molecular formula is C37H45N9O3. The molecule has 1 aliphatic carbocycles. The number of fused-ring (bicyclic) bond motifs is 2. The summed E-state index contributed by atoms with van der Waals surface area (Å²) in [6, 6.07) is 12.2. The fourth-order valence-corrected chi connectivity index (χ4v) is 7.91. The number of pyridine rings is 2. The van der Waals surface area contributed by atoms with Gasteiger partial charge in [-0.25, -0.2) is 4.79 Å². The van der Waals surface area contributed by atoms with Crippen LogP contribution in [0.4, 0.5) is 28.6 Å². The van der Waals surface area contributed by atoms with E-state index in [2.05, 4.69) is 72.2 Å². The van der Waals surface area contributed by atoms with Crippen LogP contribution in [0.1, 0.15) is 53.3 Å². The molecule has 49 heavy (non-hydrogen) atoms. The van der Waals surface area contributed by atoms with Crippen molar-refractivity contribution in [2.24, 2.45) is 13.0 Å². The van der Waals surface area contributed by atoms with Gasteiger partial charge in [-0.05, 0) is 74.9 Å². The average Bonchev–Trinajstić information content (AvgIpc) is 3.98. The molecule has 4 aliphatic rings. The molecule has 8 rings (SSSR count). The monoisotopic (exact) mass is 663 g/mol. The SMILES string of the molecule is Cc1cc2c(N3CCN(C)c4cc(C5CC5)ncc43)cc(N3CCN(CC4CCN(c5ccc(C(=O)O)nn5)CC4)CC3)cc2n(C)c1=O. The lowest BCUT2D eigenvalue weighted by Crippen LogP contribution is -2.49. The summed E-state index contributed by atoms with van der Waals surface area (Å²) in [7, 11) is 4.07. The molecule has 0 amide bonds. The Hall–Kier alpha value is -4.71.